The molecular weight excluding hydrogens is 254 g/mol. The van der Waals surface area contributed by atoms with Gasteiger partial charge in [0.2, 0.25) is 5.91 Å². The average molecular weight is 275 g/mol. The molecule has 5 nitrogen and oxygen atoms in total. The van der Waals surface area contributed by atoms with E-state index in [1.165, 1.54) is 4.90 Å². The fourth-order valence-electron chi connectivity index (χ4n) is 2.41. The summed E-state index contributed by atoms with van der Waals surface area (Å²) in [5, 5.41) is 3.10. The molecule has 0 unspecified atom stereocenters. The van der Waals surface area contributed by atoms with Gasteiger partial charge in [-0.15, -0.1) is 0 Å². The van der Waals surface area contributed by atoms with Gasteiger partial charge in [-0.1, -0.05) is 12.1 Å². The van der Waals surface area contributed by atoms with Gasteiger partial charge in [-0.25, -0.2) is 0 Å². The van der Waals surface area contributed by atoms with Crippen LogP contribution in [0.1, 0.15) is 23.2 Å². The number of nitrogens with zero attached hydrogens (tertiary/aromatic N) is 2. The van der Waals surface area contributed by atoms with Gasteiger partial charge in [-0.3, -0.25) is 9.59 Å². The van der Waals surface area contributed by atoms with E-state index in [4.69, 9.17) is 0 Å². The summed E-state index contributed by atoms with van der Waals surface area (Å²) in [5.41, 5.74) is 1.34. The van der Waals surface area contributed by atoms with Crippen LogP contribution in [0.3, 0.4) is 0 Å². The van der Waals surface area contributed by atoms with E-state index in [0.717, 1.165) is 25.1 Å². The molecule has 1 N–H and O–H groups in total. The first-order valence-corrected chi connectivity index (χ1v) is 6.94. The molecule has 2 amide bonds. The Morgan fingerprint density at radius 3 is 2.70 bits per heavy atom. The van der Waals surface area contributed by atoms with Crippen molar-refractivity contribution in [2.75, 3.05) is 38.6 Å². The Bertz CT molecular complexity index is 502. The summed E-state index contributed by atoms with van der Waals surface area (Å²) in [7, 11) is 3.58. The number of hydrogen-bond donors (Lipinski definition) is 1. The third-order valence-corrected chi connectivity index (χ3v) is 3.50. The Kier molecular flexibility index (Phi) is 4.74. The van der Waals surface area contributed by atoms with E-state index in [-0.39, 0.29) is 18.4 Å². The van der Waals surface area contributed by atoms with E-state index in [0.29, 0.717) is 12.1 Å². The van der Waals surface area contributed by atoms with Gasteiger partial charge in [0.15, 0.2) is 0 Å². The minimum atomic E-state index is -0.0910. The van der Waals surface area contributed by atoms with Crippen molar-refractivity contribution in [3.05, 3.63) is 29.8 Å². The summed E-state index contributed by atoms with van der Waals surface area (Å²) < 4.78 is 0. The Morgan fingerprint density at radius 2 is 1.95 bits per heavy atom. The standard InChI is InChI=1S/C15H21N3O2/c1-16-9-5-6-10-18-13-8-4-3-7-12(13)15(20)17(2)11-14(18)19/h3-4,7-8,16H,5-6,9-11H2,1-2H3. The number of nitrogens with one attached hydrogen (secondary N) is 1. The predicted octanol–water partition coefficient (Wildman–Crippen LogP) is 1.10. The van der Waals surface area contributed by atoms with E-state index in [9.17, 15) is 9.59 Å². The summed E-state index contributed by atoms with van der Waals surface area (Å²) in [6, 6.07) is 7.33. The molecular formula is C15H21N3O2. The molecule has 0 saturated heterocycles. The monoisotopic (exact) mass is 275 g/mol. The van der Waals surface area contributed by atoms with Gasteiger partial charge < -0.3 is 15.1 Å². The highest BCUT2D eigenvalue weighted by Gasteiger charge is 2.28. The van der Waals surface area contributed by atoms with Crippen LogP contribution in [0, 0.1) is 0 Å². The summed E-state index contributed by atoms with van der Waals surface area (Å²) in [6.45, 7) is 1.72. The molecule has 0 bridgehead atoms. The number of amides is 2. The number of para-hydroxylation sites is 1. The first-order valence-electron chi connectivity index (χ1n) is 6.94. The Labute approximate surface area is 119 Å². The Hall–Kier alpha value is -1.88. The second-order valence-corrected chi connectivity index (χ2v) is 5.03. The number of unbranched alkanes of at least 4 members (excludes halogenated alkanes) is 1. The highest BCUT2D eigenvalue weighted by Crippen LogP contribution is 2.25. The quantitative estimate of drug-likeness (QED) is 0.819. The molecule has 1 aliphatic heterocycles. The lowest BCUT2D eigenvalue weighted by molar-refractivity contribution is -0.118. The van der Waals surface area contributed by atoms with Crippen LogP contribution >= 0.6 is 0 Å². The summed E-state index contributed by atoms with van der Waals surface area (Å²) >= 11 is 0. The molecule has 0 saturated carbocycles. The van der Waals surface area contributed by atoms with Gasteiger partial charge >= 0.3 is 0 Å². The van der Waals surface area contributed by atoms with Crippen LogP contribution in [0.4, 0.5) is 5.69 Å². The third kappa shape index (κ3) is 2.99. The fraction of sp³-hybridized carbons (Fsp3) is 0.467. The molecule has 20 heavy (non-hydrogen) atoms. The van der Waals surface area contributed by atoms with Crippen molar-refractivity contribution < 1.29 is 9.59 Å². The maximum absolute atomic E-state index is 12.3. The zero-order valence-electron chi connectivity index (χ0n) is 12.1. The molecule has 2 rings (SSSR count). The van der Waals surface area contributed by atoms with E-state index >= 15 is 0 Å². The van der Waals surface area contributed by atoms with E-state index < -0.39 is 0 Å². The van der Waals surface area contributed by atoms with Crippen molar-refractivity contribution in [3.8, 4) is 0 Å². The van der Waals surface area contributed by atoms with Gasteiger partial charge in [0.1, 0.15) is 6.54 Å². The van der Waals surface area contributed by atoms with Crippen LogP contribution in [0.2, 0.25) is 0 Å². The van der Waals surface area contributed by atoms with Crippen LogP contribution < -0.4 is 10.2 Å². The van der Waals surface area contributed by atoms with Crippen molar-refractivity contribution >= 4 is 17.5 Å². The largest absolute Gasteiger partial charge is 0.332 e. The van der Waals surface area contributed by atoms with Crippen LogP contribution in [0.5, 0.6) is 0 Å². The van der Waals surface area contributed by atoms with Crippen LogP contribution in [-0.2, 0) is 4.79 Å². The van der Waals surface area contributed by atoms with Crippen molar-refractivity contribution in [2.45, 2.75) is 12.8 Å². The van der Waals surface area contributed by atoms with E-state index in [2.05, 4.69) is 5.32 Å². The molecule has 0 radical (unpaired) electrons. The van der Waals surface area contributed by atoms with Gasteiger partial charge in [0.25, 0.3) is 5.91 Å². The first kappa shape index (κ1) is 14.5. The summed E-state index contributed by atoms with van der Waals surface area (Å²) in [4.78, 5) is 27.8. The minimum Gasteiger partial charge on any atom is -0.332 e. The highest BCUT2D eigenvalue weighted by molar-refractivity contribution is 6.09. The maximum Gasteiger partial charge on any atom is 0.256 e. The number of benzene rings is 1. The molecule has 1 aromatic rings. The molecule has 1 aliphatic rings. The van der Waals surface area contributed by atoms with E-state index in [1.807, 2.05) is 25.2 Å². The van der Waals surface area contributed by atoms with Crippen LogP contribution in [-0.4, -0.2) is 50.4 Å². The van der Waals surface area contributed by atoms with Gasteiger partial charge in [-0.2, -0.15) is 0 Å². The second kappa shape index (κ2) is 6.52. The van der Waals surface area contributed by atoms with Crippen LogP contribution in [0.15, 0.2) is 24.3 Å². The zero-order chi connectivity index (χ0) is 14.5. The number of carbonyl (C=O) groups excluding carboxylic acids is 2. The van der Waals surface area contributed by atoms with Crippen molar-refractivity contribution in [3.63, 3.8) is 0 Å². The molecule has 1 heterocycles. The molecule has 1 aromatic carbocycles. The fourth-order valence-corrected chi connectivity index (χ4v) is 2.41. The SMILES string of the molecule is CNCCCCN1C(=O)CN(C)C(=O)c2ccccc21. The molecule has 5 heteroatoms. The van der Waals surface area contributed by atoms with Crippen molar-refractivity contribution in [2.24, 2.45) is 0 Å². The molecule has 108 valence electrons. The lowest BCUT2D eigenvalue weighted by Crippen LogP contribution is -2.38. The van der Waals surface area contributed by atoms with Gasteiger partial charge in [0, 0.05) is 13.6 Å². The number of likely N-dealkylation sites (N-methyl/N-ethyl adjacent to an activating group) is 1. The number of rotatable bonds is 5. The summed E-state index contributed by atoms with van der Waals surface area (Å²) in [5.74, 6) is -0.109. The average Bonchev–Trinajstić information content (AvgIpc) is 2.54. The second-order valence-electron chi connectivity index (χ2n) is 5.03. The number of fused-ring (bicyclic) bond motifs is 1. The predicted molar refractivity (Wildman–Crippen MR) is 78.9 cm³/mol. The molecule has 0 atom stereocenters. The first-order chi connectivity index (χ1) is 9.65. The number of carbonyl (C=O) groups is 2. The smallest absolute Gasteiger partial charge is 0.256 e. The van der Waals surface area contributed by atoms with Crippen molar-refractivity contribution in [1.29, 1.82) is 0 Å². The highest BCUT2D eigenvalue weighted by atomic mass is 16.2. The third-order valence-electron chi connectivity index (χ3n) is 3.50. The molecule has 0 fully saturated rings. The molecule has 0 spiro atoms. The van der Waals surface area contributed by atoms with Gasteiger partial charge in [0.05, 0.1) is 11.3 Å². The summed E-state index contributed by atoms with van der Waals surface area (Å²) in [6.07, 6.45) is 1.92. The van der Waals surface area contributed by atoms with Gasteiger partial charge in [-0.05, 0) is 38.6 Å². The minimum absolute atomic E-state index is 0.0183. The normalized spacial score (nSPS) is 15.3. The zero-order valence-corrected chi connectivity index (χ0v) is 12.1. The Balaban J connectivity index is 2.23. The van der Waals surface area contributed by atoms with Crippen molar-refractivity contribution in [1.82, 2.24) is 10.2 Å². The number of anilines is 1. The Morgan fingerprint density at radius 1 is 1.20 bits per heavy atom. The lowest BCUT2D eigenvalue weighted by Gasteiger charge is -2.22. The maximum atomic E-state index is 12.3. The lowest BCUT2D eigenvalue weighted by atomic mass is 10.1. The molecule has 0 aromatic heterocycles. The topological polar surface area (TPSA) is 52.7 Å². The number of hydrogen-bond acceptors (Lipinski definition) is 3. The van der Waals surface area contributed by atoms with E-state index in [1.54, 1.807) is 18.0 Å². The van der Waals surface area contributed by atoms with Crippen LogP contribution in [0.25, 0.3) is 0 Å². The molecule has 0 aliphatic carbocycles.